The third-order valence-corrected chi connectivity index (χ3v) is 4.03. The molecular weight excluding hydrogens is 258 g/mol. The number of rotatable bonds is 3. The molecule has 108 valence electrons. The second-order valence-electron chi connectivity index (χ2n) is 5.39. The van der Waals surface area contributed by atoms with Crippen LogP contribution >= 0.6 is 0 Å². The first kappa shape index (κ1) is 14.5. The highest BCUT2D eigenvalue weighted by molar-refractivity contribution is 5.79. The van der Waals surface area contributed by atoms with Crippen LogP contribution in [0.5, 0.6) is 0 Å². The molecule has 0 N–H and O–H groups in total. The molecule has 0 aromatic heterocycles. The molecule has 1 aromatic carbocycles. The van der Waals surface area contributed by atoms with Gasteiger partial charge in [0, 0.05) is 36.8 Å². The lowest BCUT2D eigenvalue weighted by molar-refractivity contribution is -0.384. The summed E-state index contributed by atoms with van der Waals surface area (Å²) in [7, 11) is 2.07. The van der Waals surface area contributed by atoms with Gasteiger partial charge in [0.05, 0.1) is 4.92 Å². The molecule has 1 heterocycles. The number of hydrogen-bond acceptors (Lipinski definition) is 5. The number of hydrogen-bond donors (Lipinski definition) is 0. The van der Waals surface area contributed by atoms with Gasteiger partial charge in [-0.1, -0.05) is 0 Å². The van der Waals surface area contributed by atoms with E-state index >= 15 is 0 Å². The summed E-state index contributed by atoms with van der Waals surface area (Å²) in [6.45, 7) is 5.69. The maximum absolute atomic E-state index is 11.2. The van der Waals surface area contributed by atoms with E-state index in [2.05, 4.69) is 25.8 Å². The van der Waals surface area contributed by atoms with Gasteiger partial charge < -0.3 is 4.90 Å². The van der Waals surface area contributed by atoms with Gasteiger partial charge in [-0.25, -0.2) is 0 Å². The Morgan fingerprint density at radius 3 is 2.40 bits per heavy atom. The average Bonchev–Trinajstić information content (AvgIpc) is 2.43. The van der Waals surface area contributed by atoms with Crippen LogP contribution in [0.15, 0.2) is 18.2 Å². The van der Waals surface area contributed by atoms with Gasteiger partial charge in [-0.3, -0.25) is 19.8 Å². The number of piperazine rings is 1. The molecule has 1 aromatic rings. The fraction of sp³-hybridized carbons (Fsp3) is 0.500. The lowest BCUT2D eigenvalue weighted by atomic mass is 10.1. The number of nitro benzene ring substituents is 1. The zero-order chi connectivity index (χ0) is 14.9. The third kappa shape index (κ3) is 2.65. The van der Waals surface area contributed by atoms with E-state index < -0.39 is 4.92 Å². The Morgan fingerprint density at radius 1 is 1.30 bits per heavy atom. The van der Waals surface area contributed by atoms with Crippen LogP contribution < -0.4 is 4.90 Å². The van der Waals surface area contributed by atoms with Crippen LogP contribution in [0.25, 0.3) is 0 Å². The van der Waals surface area contributed by atoms with E-state index in [1.165, 1.54) is 6.07 Å². The van der Waals surface area contributed by atoms with Crippen LogP contribution in [0.2, 0.25) is 0 Å². The third-order valence-electron chi connectivity index (χ3n) is 4.03. The van der Waals surface area contributed by atoms with Crippen molar-refractivity contribution in [2.45, 2.75) is 25.9 Å². The summed E-state index contributed by atoms with van der Waals surface area (Å²) in [6, 6.07) is 5.29. The number of anilines is 1. The summed E-state index contributed by atoms with van der Waals surface area (Å²) < 4.78 is 0. The number of carbonyl (C=O) groups excluding carboxylic acids is 1. The predicted molar refractivity (Wildman–Crippen MR) is 77.4 cm³/mol. The molecule has 0 saturated carbocycles. The maximum Gasteiger partial charge on any atom is 0.293 e. The van der Waals surface area contributed by atoms with Gasteiger partial charge in [-0.15, -0.1) is 0 Å². The van der Waals surface area contributed by atoms with Crippen LogP contribution in [0, 0.1) is 10.1 Å². The highest BCUT2D eigenvalue weighted by Gasteiger charge is 2.30. The first-order valence-corrected chi connectivity index (χ1v) is 6.64. The summed E-state index contributed by atoms with van der Waals surface area (Å²) in [5.41, 5.74) is 0.918. The minimum Gasteiger partial charge on any atom is -0.363 e. The predicted octanol–water partition coefficient (Wildman–Crippen LogP) is 1.94. The van der Waals surface area contributed by atoms with E-state index in [-0.39, 0.29) is 5.69 Å². The number of benzene rings is 1. The minimum absolute atomic E-state index is 0.00134. The normalized spacial score (nSPS) is 23.6. The van der Waals surface area contributed by atoms with E-state index in [1.54, 1.807) is 12.1 Å². The van der Waals surface area contributed by atoms with E-state index in [1.807, 2.05) is 4.90 Å². The van der Waals surface area contributed by atoms with E-state index in [9.17, 15) is 14.9 Å². The van der Waals surface area contributed by atoms with Gasteiger partial charge in [0.15, 0.2) is 0 Å². The maximum atomic E-state index is 11.2. The Morgan fingerprint density at radius 2 is 1.90 bits per heavy atom. The molecular formula is C14H19N3O3. The van der Waals surface area contributed by atoms with Gasteiger partial charge in [-0.2, -0.15) is 0 Å². The van der Waals surface area contributed by atoms with Crippen LogP contribution in [0.4, 0.5) is 11.4 Å². The highest BCUT2D eigenvalue weighted by Crippen LogP contribution is 2.31. The number of carbonyl (C=O) groups is 1. The molecule has 2 unspecified atom stereocenters. The quantitative estimate of drug-likeness (QED) is 0.480. The number of nitrogens with zero attached hydrogens (tertiary/aromatic N) is 3. The lowest BCUT2D eigenvalue weighted by Gasteiger charge is -2.43. The monoisotopic (exact) mass is 277 g/mol. The van der Waals surface area contributed by atoms with Crippen molar-refractivity contribution in [3.05, 3.63) is 33.9 Å². The molecule has 1 aliphatic heterocycles. The van der Waals surface area contributed by atoms with Crippen molar-refractivity contribution < 1.29 is 9.72 Å². The van der Waals surface area contributed by atoms with Gasteiger partial charge in [-0.05, 0) is 33.0 Å². The molecule has 0 bridgehead atoms. The lowest BCUT2D eigenvalue weighted by Crippen LogP contribution is -2.55. The first-order chi connectivity index (χ1) is 9.43. The second-order valence-corrected chi connectivity index (χ2v) is 5.39. The molecule has 1 saturated heterocycles. The molecule has 2 atom stereocenters. The van der Waals surface area contributed by atoms with Crippen molar-refractivity contribution >= 4 is 17.7 Å². The molecule has 20 heavy (non-hydrogen) atoms. The summed E-state index contributed by atoms with van der Waals surface area (Å²) in [4.78, 5) is 25.9. The zero-order valence-corrected chi connectivity index (χ0v) is 11.9. The molecule has 6 heteroatoms. The van der Waals surface area contributed by atoms with Crippen molar-refractivity contribution in [1.29, 1.82) is 0 Å². The molecule has 1 fully saturated rings. The van der Waals surface area contributed by atoms with Gasteiger partial charge in [0.2, 0.25) is 0 Å². The SMILES string of the molecule is CC1CN(c2ccc(C=O)cc2[N+](=O)[O-])CC(C)N1C. The summed E-state index contributed by atoms with van der Waals surface area (Å²) in [5.74, 6) is 0. The topological polar surface area (TPSA) is 66.7 Å². The molecule has 6 nitrogen and oxygen atoms in total. The van der Waals surface area contributed by atoms with Crippen molar-refractivity contribution in [1.82, 2.24) is 4.90 Å². The molecule has 0 spiro atoms. The fourth-order valence-electron chi connectivity index (χ4n) is 2.63. The number of aldehydes is 1. The Bertz CT molecular complexity index is 520. The summed E-state index contributed by atoms with van der Waals surface area (Å²) in [5, 5.41) is 11.2. The fourth-order valence-corrected chi connectivity index (χ4v) is 2.63. The smallest absolute Gasteiger partial charge is 0.293 e. The summed E-state index contributed by atoms with van der Waals surface area (Å²) >= 11 is 0. The molecule has 0 radical (unpaired) electrons. The van der Waals surface area contributed by atoms with Crippen LogP contribution in [0.1, 0.15) is 24.2 Å². The van der Waals surface area contributed by atoms with Crippen LogP contribution in [0.3, 0.4) is 0 Å². The van der Waals surface area contributed by atoms with Crippen LogP contribution in [-0.2, 0) is 0 Å². The van der Waals surface area contributed by atoms with Crippen molar-refractivity contribution in [2.24, 2.45) is 0 Å². The van der Waals surface area contributed by atoms with Crippen molar-refractivity contribution in [2.75, 3.05) is 25.0 Å². The van der Waals surface area contributed by atoms with E-state index in [4.69, 9.17) is 0 Å². The molecule has 1 aliphatic rings. The molecule has 0 aliphatic carbocycles. The van der Waals surface area contributed by atoms with Crippen LogP contribution in [-0.4, -0.2) is 48.3 Å². The first-order valence-electron chi connectivity index (χ1n) is 6.64. The Labute approximate surface area is 118 Å². The Balaban J connectivity index is 2.37. The zero-order valence-electron chi connectivity index (χ0n) is 11.9. The van der Waals surface area contributed by atoms with Gasteiger partial charge >= 0.3 is 0 Å². The standard InChI is InChI=1S/C14H19N3O3/c1-10-7-16(8-11(2)15(10)3)13-5-4-12(9-18)6-14(13)17(19)20/h4-6,9-11H,7-8H2,1-3H3. The summed E-state index contributed by atoms with van der Waals surface area (Å²) in [6.07, 6.45) is 0.631. The Kier molecular flexibility index (Phi) is 4.04. The largest absolute Gasteiger partial charge is 0.363 e. The van der Waals surface area contributed by atoms with Crippen molar-refractivity contribution in [3.8, 4) is 0 Å². The highest BCUT2D eigenvalue weighted by atomic mass is 16.6. The van der Waals surface area contributed by atoms with Crippen molar-refractivity contribution in [3.63, 3.8) is 0 Å². The molecule has 2 rings (SSSR count). The number of likely N-dealkylation sites (N-methyl/N-ethyl adjacent to an activating group) is 1. The number of nitro groups is 1. The van der Waals surface area contributed by atoms with E-state index in [0.717, 1.165) is 13.1 Å². The minimum atomic E-state index is -0.421. The van der Waals surface area contributed by atoms with Gasteiger partial charge in [0.25, 0.3) is 5.69 Å². The molecule has 0 amide bonds. The second kappa shape index (κ2) is 5.58. The Hall–Kier alpha value is -1.95. The van der Waals surface area contributed by atoms with Gasteiger partial charge in [0.1, 0.15) is 12.0 Å². The average molecular weight is 277 g/mol. The van der Waals surface area contributed by atoms with E-state index in [0.29, 0.717) is 29.6 Å².